The van der Waals surface area contributed by atoms with Crippen molar-refractivity contribution in [2.24, 2.45) is 0 Å². The lowest BCUT2D eigenvalue weighted by molar-refractivity contribution is 0.204. The van der Waals surface area contributed by atoms with Gasteiger partial charge in [0.05, 0.1) is 24.5 Å². The number of nitrogens with zero attached hydrogens (tertiary/aromatic N) is 4. The van der Waals surface area contributed by atoms with Crippen LogP contribution in [0.3, 0.4) is 0 Å². The topological polar surface area (TPSA) is 63.1 Å². The molecule has 0 radical (unpaired) electrons. The molecule has 6 nitrogen and oxygen atoms in total. The third-order valence-corrected chi connectivity index (χ3v) is 4.75. The summed E-state index contributed by atoms with van der Waals surface area (Å²) >= 11 is 0. The molecule has 1 atom stereocenters. The molecule has 3 aromatic rings. The van der Waals surface area contributed by atoms with E-state index in [2.05, 4.69) is 15.5 Å². The highest BCUT2D eigenvalue weighted by Gasteiger charge is 2.30. The minimum atomic E-state index is -0.174. The van der Waals surface area contributed by atoms with Crippen LogP contribution in [0.25, 0.3) is 0 Å². The SMILES string of the molecule is O=C(NC(c1ccccc1)c1ccccc1)N1CCC(n2nccn2)C1. The van der Waals surface area contributed by atoms with Gasteiger partial charge in [0.15, 0.2) is 0 Å². The van der Waals surface area contributed by atoms with E-state index in [9.17, 15) is 4.79 Å². The second-order valence-corrected chi connectivity index (χ2v) is 6.44. The fourth-order valence-corrected chi connectivity index (χ4v) is 3.39. The Hall–Kier alpha value is -3.15. The van der Waals surface area contributed by atoms with E-state index >= 15 is 0 Å². The second-order valence-electron chi connectivity index (χ2n) is 6.44. The van der Waals surface area contributed by atoms with Crippen LogP contribution in [0.5, 0.6) is 0 Å². The Balaban J connectivity index is 1.50. The van der Waals surface area contributed by atoms with E-state index in [1.165, 1.54) is 0 Å². The highest BCUT2D eigenvalue weighted by atomic mass is 16.2. The zero-order valence-corrected chi connectivity index (χ0v) is 14.4. The molecule has 4 rings (SSSR count). The van der Waals surface area contributed by atoms with Crippen LogP contribution >= 0.6 is 0 Å². The summed E-state index contributed by atoms with van der Waals surface area (Å²) in [5, 5.41) is 11.6. The number of aromatic nitrogens is 3. The van der Waals surface area contributed by atoms with E-state index < -0.39 is 0 Å². The van der Waals surface area contributed by atoms with Crippen molar-refractivity contribution in [2.75, 3.05) is 13.1 Å². The molecule has 0 aliphatic carbocycles. The molecular formula is C20H21N5O. The van der Waals surface area contributed by atoms with Crippen molar-refractivity contribution in [1.82, 2.24) is 25.2 Å². The number of hydrogen-bond acceptors (Lipinski definition) is 3. The van der Waals surface area contributed by atoms with Gasteiger partial charge in [0.25, 0.3) is 0 Å². The molecule has 1 saturated heterocycles. The van der Waals surface area contributed by atoms with E-state index in [0.29, 0.717) is 13.1 Å². The highest BCUT2D eigenvalue weighted by Crippen LogP contribution is 2.24. The average molecular weight is 347 g/mol. The molecule has 132 valence electrons. The first-order chi connectivity index (χ1) is 12.8. The molecule has 2 aromatic carbocycles. The van der Waals surface area contributed by atoms with Gasteiger partial charge in [-0.1, -0.05) is 60.7 Å². The summed E-state index contributed by atoms with van der Waals surface area (Å²) in [5.74, 6) is 0. The largest absolute Gasteiger partial charge is 0.327 e. The second kappa shape index (κ2) is 7.39. The summed E-state index contributed by atoms with van der Waals surface area (Å²) in [6.07, 6.45) is 4.20. The molecule has 0 saturated carbocycles. The minimum absolute atomic E-state index is 0.0580. The summed E-state index contributed by atoms with van der Waals surface area (Å²) in [4.78, 5) is 16.4. The average Bonchev–Trinajstić information content (AvgIpc) is 3.39. The van der Waals surface area contributed by atoms with Gasteiger partial charge in [0, 0.05) is 13.1 Å². The van der Waals surface area contributed by atoms with Gasteiger partial charge in [-0.25, -0.2) is 4.79 Å². The smallest absolute Gasteiger partial charge is 0.318 e. The molecule has 0 bridgehead atoms. The molecule has 2 heterocycles. The van der Waals surface area contributed by atoms with Crippen LogP contribution in [0.1, 0.15) is 29.6 Å². The fraction of sp³-hybridized carbons (Fsp3) is 0.250. The van der Waals surface area contributed by atoms with E-state index in [4.69, 9.17) is 0 Å². The summed E-state index contributed by atoms with van der Waals surface area (Å²) in [7, 11) is 0. The van der Waals surface area contributed by atoms with Crippen molar-refractivity contribution in [1.29, 1.82) is 0 Å². The van der Waals surface area contributed by atoms with Crippen molar-refractivity contribution in [2.45, 2.75) is 18.5 Å². The summed E-state index contributed by atoms with van der Waals surface area (Å²) in [6.45, 7) is 1.32. The molecule has 2 amide bonds. The fourth-order valence-electron chi connectivity index (χ4n) is 3.39. The quantitative estimate of drug-likeness (QED) is 0.789. The zero-order valence-electron chi connectivity index (χ0n) is 14.4. The third-order valence-electron chi connectivity index (χ3n) is 4.75. The predicted molar refractivity (Wildman–Crippen MR) is 98.5 cm³/mol. The normalized spacial score (nSPS) is 16.8. The van der Waals surface area contributed by atoms with Gasteiger partial charge in [0.2, 0.25) is 0 Å². The number of likely N-dealkylation sites (tertiary alicyclic amines) is 1. The Morgan fingerprint density at radius 2 is 1.54 bits per heavy atom. The van der Waals surface area contributed by atoms with E-state index in [1.807, 2.05) is 65.6 Å². The lowest BCUT2D eigenvalue weighted by Crippen LogP contribution is -2.41. The molecular weight excluding hydrogens is 326 g/mol. The molecule has 1 fully saturated rings. The van der Waals surface area contributed by atoms with Gasteiger partial charge in [-0.3, -0.25) is 0 Å². The van der Waals surface area contributed by atoms with E-state index in [1.54, 1.807) is 17.2 Å². The molecule has 6 heteroatoms. The molecule has 1 aliphatic rings. The minimum Gasteiger partial charge on any atom is -0.327 e. The van der Waals surface area contributed by atoms with Crippen LogP contribution in [0.15, 0.2) is 73.1 Å². The number of carbonyl (C=O) groups excluding carboxylic acids is 1. The van der Waals surface area contributed by atoms with Gasteiger partial charge in [-0.2, -0.15) is 15.0 Å². The zero-order chi connectivity index (χ0) is 17.8. The summed E-state index contributed by atoms with van der Waals surface area (Å²) in [5.41, 5.74) is 2.13. The number of urea groups is 1. The Labute approximate surface area is 152 Å². The predicted octanol–water partition coefficient (Wildman–Crippen LogP) is 3.02. The van der Waals surface area contributed by atoms with Crippen LogP contribution in [-0.4, -0.2) is 39.0 Å². The summed E-state index contributed by atoms with van der Waals surface area (Å²) < 4.78 is 0. The van der Waals surface area contributed by atoms with Gasteiger partial charge in [-0.15, -0.1) is 0 Å². The molecule has 1 unspecified atom stereocenters. The first kappa shape index (κ1) is 16.3. The number of benzene rings is 2. The number of carbonyl (C=O) groups is 1. The number of hydrogen-bond donors (Lipinski definition) is 1. The van der Waals surface area contributed by atoms with Crippen LogP contribution in [0.2, 0.25) is 0 Å². The van der Waals surface area contributed by atoms with Crippen LogP contribution in [0.4, 0.5) is 4.79 Å². The molecule has 1 N–H and O–H groups in total. The van der Waals surface area contributed by atoms with Crippen molar-refractivity contribution in [3.05, 3.63) is 84.2 Å². The van der Waals surface area contributed by atoms with Gasteiger partial charge >= 0.3 is 6.03 Å². The van der Waals surface area contributed by atoms with Crippen molar-refractivity contribution in [3.8, 4) is 0 Å². The maximum absolute atomic E-state index is 12.9. The maximum Gasteiger partial charge on any atom is 0.318 e. The van der Waals surface area contributed by atoms with Gasteiger partial charge < -0.3 is 10.2 Å². The molecule has 1 aromatic heterocycles. The first-order valence-corrected chi connectivity index (χ1v) is 8.82. The first-order valence-electron chi connectivity index (χ1n) is 8.82. The van der Waals surface area contributed by atoms with Gasteiger partial charge in [0.1, 0.15) is 0 Å². The van der Waals surface area contributed by atoms with E-state index in [-0.39, 0.29) is 18.1 Å². The Morgan fingerprint density at radius 3 is 2.12 bits per heavy atom. The Kier molecular flexibility index (Phi) is 4.64. The van der Waals surface area contributed by atoms with Crippen LogP contribution in [-0.2, 0) is 0 Å². The van der Waals surface area contributed by atoms with Crippen LogP contribution < -0.4 is 5.32 Å². The monoisotopic (exact) mass is 347 g/mol. The maximum atomic E-state index is 12.9. The standard InChI is InChI=1S/C20H21N5O/c26-20(24-14-11-18(15-24)25-21-12-13-22-25)23-19(16-7-3-1-4-8-16)17-9-5-2-6-10-17/h1-10,12-13,18-19H,11,14-15H2,(H,23,26). The number of rotatable bonds is 4. The molecule has 0 spiro atoms. The van der Waals surface area contributed by atoms with Gasteiger partial charge in [-0.05, 0) is 17.5 Å². The lowest BCUT2D eigenvalue weighted by atomic mass is 9.99. The van der Waals surface area contributed by atoms with Crippen molar-refractivity contribution in [3.63, 3.8) is 0 Å². The Bertz CT molecular complexity index is 796. The van der Waals surface area contributed by atoms with Crippen LogP contribution in [0, 0.1) is 0 Å². The lowest BCUT2D eigenvalue weighted by Gasteiger charge is -2.24. The number of nitrogens with one attached hydrogen (secondary N) is 1. The van der Waals surface area contributed by atoms with E-state index in [0.717, 1.165) is 17.5 Å². The molecule has 26 heavy (non-hydrogen) atoms. The third kappa shape index (κ3) is 3.44. The van der Waals surface area contributed by atoms with Crippen molar-refractivity contribution < 1.29 is 4.79 Å². The Morgan fingerprint density at radius 1 is 0.962 bits per heavy atom. The van der Waals surface area contributed by atoms with Crippen molar-refractivity contribution >= 4 is 6.03 Å². The number of amides is 2. The molecule has 1 aliphatic heterocycles. The highest BCUT2D eigenvalue weighted by molar-refractivity contribution is 5.75. The summed E-state index contributed by atoms with van der Waals surface area (Å²) in [6, 6.07) is 20.0.